The third kappa shape index (κ3) is 3.03. The average Bonchev–Trinajstić information content (AvgIpc) is 2.36. The van der Waals surface area contributed by atoms with Crippen LogP contribution >= 0.6 is 0 Å². The van der Waals surface area contributed by atoms with Crippen molar-refractivity contribution < 1.29 is 4.39 Å². The summed E-state index contributed by atoms with van der Waals surface area (Å²) >= 11 is 0. The molecule has 70 valence electrons. The minimum absolute atomic E-state index is 0.347. The second-order valence-electron chi connectivity index (χ2n) is 2.35. The summed E-state index contributed by atoms with van der Waals surface area (Å²) in [6, 6.07) is 0. The van der Waals surface area contributed by atoms with E-state index < -0.39 is 0 Å². The summed E-state index contributed by atoms with van der Waals surface area (Å²) in [6.45, 7) is 7.91. The van der Waals surface area contributed by atoms with Crippen LogP contribution in [0.25, 0.3) is 0 Å². The minimum Gasteiger partial charge on any atom is -0.270 e. The second-order valence-corrected chi connectivity index (χ2v) is 2.35. The number of hydrogen-bond acceptors (Lipinski definition) is 1. The molecule has 0 unspecified atom stereocenters. The zero-order valence-electron chi connectivity index (χ0n) is 8.26. The normalized spacial score (nSPS) is 9.08. The van der Waals surface area contributed by atoms with E-state index in [2.05, 4.69) is 5.10 Å². The summed E-state index contributed by atoms with van der Waals surface area (Å²) in [5, 5.41) is 4.08. The van der Waals surface area contributed by atoms with Gasteiger partial charge in [-0.15, -0.1) is 0 Å². The number of aryl methyl sites for hydroxylation is 3. The molecule has 12 heavy (non-hydrogen) atoms. The van der Waals surface area contributed by atoms with E-state index in [1.807, 2.05) is 33.9 Å². The van der Waals surface area contributed by atoms with E-state index in [9.17, 15) is 4.39 Å². The molecular weight excluding hydrogens is 155 g/mol. The van der Waals surface area contributed by atoms with Crippen LogP contribution < -0.4 is 0 Å². The van der Waals surface area contributed by atoms with Crippen molar-refractivity contribution in [2.45, 2.75) is 34.2 Å². The topological polar surface area (TPSA) is 17.8 Å². The van der Waals surface area contributed by atoms with Crippen molar-refractivity contribution in [3.63, 3.8) is 0 Å². The second kappa shape index (κ2) is 5.75. The van der Waals surface area contributed by atoms with Gasteiger partial charge in [-0.05, 0) is 19.4 Å². The fourth-order valence-corrected chi connectivity index (χ4v) is 0.818. The molecule has 0 amide bonds. The predicted octanol–water partition coefficient (Wildman–Crippen LogP) is 2.50. The molecule has 1 rings (SSSR count). The highest BCUT2D eigenvalue weighted by molar-refractivity contribution is 5.12. The first-order valence-corrected chi connectivity index (χ1v) is 4.30. The third-order valence-electron chi connectivity index (χ3n) is 1.51. The summed E-state index contributed by atoms with van der Waals surface area (Å²) in [5.74, 6) is 0. The monoisotopic (exact) mass is 172 g/mol. The highest BCUT2D eigenvalue weighted by Gasteiger charge is 1.97. The van der Waals surface area contributed by atoms with Gasteiger partial charge in [-0.25, -0.2) is 4.39 Å². The van der Waals surface area contributed by atoms with E-state index in [0.717, 1.165) is 11.3 Å². The van der Waals surface area contributed by atoms with Gasteiger partial charge in [-0.1, -0.05) is 13.8 Å². The van der Waals surface area contributed by atoms with Crippen molar-refractivity contribution in [2.75, 3.05) is 6.67 Å². The highest BCUT2D eigenvalue weighted by Crippen LogP contribution is 2.01. The Morgan fingerprint density at radius 1 is 1.42 bits per heavy atom. The van der Waals surface area contributed by atoms with Crippen LogP contribution in [0.4, 0.5) is 4.39 Å². The van der Waals surface area contributed by atoms with Crippen LogP contribution in [0.3, 0.4) is 0 Å². The lowest BCUT2D eigenvalue weighted by Crippen LogP contribution is -1.99. The smallest absolute Gasteiger partial charge is 0.109 e. The van der Waals surface area contributed by atoms with Gasteiger partial charge >= 0.3 is 0 Å². The van der Waals surface area contributed by atoms with E-state index in [1.54, 1.807) is 4.68 Å². The first kappa shape index (κ1) is 11.1. The van der Waals surface area contributed by atoms with Crippen molar-refractivity contribution in [3.05, 3.63) is 17.5 Å². The van der Waals surface area contributed by atoms with E-state index in [4.69, 9.17) is 0 Å². The molecule has 2 nitrogen and oxygen atoms in total. The molecule has 0 atom stereocenters. The van der Waals surface area contributed by atoms with Crippen LogP contribution in [-0.4, -0.2) is 16.5 Å². The number of aromatic nitrogens is 2. The lowest BCUT2D eigenvalue weighted by molar-refractivity contribution is 0.426. The minimum atomic E-state index is -0.347. The molecule has 0 aromatic carbocycles. The number of alkyl halides is 1. The van der Waals surface area contributed by atoms with E-state index in [0.29, 0.717) is 6.54 Å². The zero-order chi connectivity index (χ0) is 9.56. The van der Waals surface area contributed by atoms with Gasteiger partial charge in [-0.3, -0.25) is 4.68 Å². The Bertz CT molecular complexity index is 199. The maximum atomic E-state index is 11.8. The Morgan fingerprint density at radius 3 is 2.33 bits per heavy atom. The quantitative estimate of drug-likeness (QED) is 0.670. The van der Waals surface area contributed by atoms with Crippen LogP contribution in [0, 0.1) is 13.8 Å². The highest BCUT2D eigenvalue weighted by atomic mass is 19.1. The van der Waals surface area contributed by atoms with Gasteiger partial charge in [0.15, 0.2) is 0 Å². The van der Waals surface area contributed by atoms with Crippen molar-refractivity contribution in [1.82, 2.24) is 9.78 Å². The van der Waals surface area contributed by atoms with Crippen LogP contribution in [0.5, 0.6) is 0 Å². The van der Waals surface area contributed by atoms with Crippen molar-refractivity contribution in [2.24, 2.45) is 0 Å². The van der Waals surface area contributed by atoms with Gasteiger partial charge < -0.3 is 0 Å². The van der Waals surface area contributed by atoms with Crippen LogP contribution in [-0.2, 0) is 6.54 Å². The molecule has 1 heterocycles. The van der Waals surface area contributed by atoms with Gasteiger partial charge in [-0.2, -0.15) is 5.10 Å². The molecule has 1 aromatic rings. The number of rotatable bonds is 2. The van der Waals surface area contributed by atoms with Gasteiger partial charge in [0.2, 0.25) is 0 Å². The Kier molecular flexibility index (Phi) is 5.34. The first-order chi connectivity index (χ1) is 5.74. The molecule has 0 spiro atoms. The molecule has 0 aliphatic rings. The van der Waals surface area contributed by atoms with Crippen molar-refractivity contribution in [3.8, 4) is 0 Å². The lowest BCUT2D eigenvalue weighted by Gasteiger charge is -1.92. The number of hydrogen-bond donors (Lipinski definition) is 0. The average molecular weight is 172 g/mol. The molecule has 0 fully saturated rings. The predicted molar refractivity (Wildman–Crippen MR) is 49.0 cm³/mol. The number of nitrogens with zero attached hydrogens (tertiary/aromatic N) is 2. The maximum Gasteiger partial charge on any atom is 0.109 e. The summed E-state index contributed by atoms with van der Waals surface area (Å²) in [5.41, 5.74) is 2.10. The molecule has 3 heteroatoms. The SMILES string of the molecule is CC.Cc1cn(CCF)nc1C. The van der Waals surface area contributed by atoms with Gasteiger partial charge in [0, 0.05) is 6.20 Å². The Hall–Kier alpha value is -0.860. The van der Waals surface area contributed by atoms with E-state index in [-0.39, 0.29) is 6.67 Å². The van der Waals surface area contributed by atoms with Crippen LogP contribution in [0.1, 0.15) is 25.1 Å². The van der Waals surface area contributed by atoms with Crippen molar-refractivity contribution in [1.29, 1.82) is 0 Å². The summed E-state index contributed by atoms with van der Waals surface area (Å²) < 4.78 is 13.4. The molecule has 0 bridgehead atoms. The Labute approximate surface area is 73.4 Å². The first-order valence-electron chi connectivity index (χ1n) is 4.30. The van der Waals surface area contributed by atoms with Gasteiger partial charge in [0.05, 0.1) is 12.2 Å². The maximum absolute atomic E-state index is 11.8. The molecule has 0 aliphatic heterocycles. The molecular formula is C9H17FN2. The Balaban J connectivity index is 0.000000561. The number of halogens is 1. The van der Waals surface area contributed by atoms with E-state index >= 15 is 0 Å². The van der Waals surface area contributed by atoms with Crippen molar-refractivity contribution >= 4 is 0 Å². The molecule has 0 radical (unpaired) electrons. The van der Waals surface area contributed by atoms with E-state index in [1.165, 1.54) is 0 Å². The molecule has 1 aromatic heterocycles. The zero-order valence-corrected chi connectivity index (χ0v) is 8.26. The van der Waals surface area contributed by atoms with Crippen LogP contribution in [0.15, 0.2) is 6.20 Å². The molecule has 0 saturated carbocycles. The van der Waals surface area contributed by atoms with Crippen LogP contribution in [0.2, 0.25) is 0 Å². The largest absolute Gasteiger partial charge is 0.270 e. The van der Waals surface area contributed by atoms with Gasteiger partial charge in [0.25, 0.3) is 0 Å². The Morgan fingerprint density at radius 2 is 2.00 bits per heavy atom. The molecule has 0 aliphatic carbocycles. The summed E-state index contributed by atoms with van der Waals surface area (Å²) in [7, 11) is 0. The molecule has 0 N–H and O–H groups in total. The summed E-state index contributed by atoms with van der Waals surface area (Å²) in [6.07, 6.45) is 1.86. The standard InChI is InChI=1S/C7H11FN2.C2H6/c1-6-5-10(4-3-8)9-7(6)2;1-2/h5H,3-4H2,1-2H3;1-2H3. The third-order valence-corrected chi connectivity index (χ3v) is 1.51. The lowest BCUT2D eigenvalue weighted by atomic mass is 10.3. The summed E-state index contributed by atoms with van der Waals surface area (Å²) in [4.78, 5) is 0. The van der Waals surface area contributed by atoms with Gasteiger partial charge in [0.1, 0.15) is 6.67 Å². The molecule has 0 saturated heterocycles. The fraction of sp³-hybridized carbons (Fsp3) is 0.667. The fourth-order valence-electron chi connectivity index (χ4n) is 0.818.